The van der Waals surface area contributed by atoms with E-state index < -0.39 is 0 Å². The van der Waals surface area contributed by atoms with Crippen molar-refractivity contribution in [2.45, 2.75) is 13.5 Å². The Labute approximate surface area is 135 Å². The van der Waals surface area contributed by atoms with Crippen LogP contribution in [-0.4, -0.2) is 21.5 Å². The van der Waals surface area contributed by atoms with Crippen molar-refractivity contribution >= 4 is 11.8 Å². The van der Waals surface area contributed by atoms with E-state index >= 15 is 0 Å². The van der Waals surface area contributed by atoms with Gasteiger partial charge in [-0.25, -0.2) is 4.98 Å². The summed E-state index contributed by atoms with van der Waals surface area (Å²) in [6.07, 6.45) is 1.77. The van der Waals surface area contributed by atoms with Gasteiger partial charge in [-0.1, -0.05) is 36.4 Å². The molecule has 3 aromatic rings. The van der Waals surface area contributed by atoms with Crippen molar-refractivity contribution in [1.29, 1.82) is 0 Å². The molecule has 0 aliphatic rings. The predicted octanol–water partition coefficient (Wildman–Crippen LogP) is 3.58. The van der Waals surface area contributed by atoms with E-state index in [1.54, 1.807) is 6.20 Å². The van der Waals surface area contributed by atoms with Gasteiger partial charge in [0.15, 0.2) is 0 Å². The minimum Gasteiger partial charge on any atom is -0.366 e. The van der Waals surface area contributed by atoms with Gasteiger partial charge in [-0.05, 0) is 24.6 Å². The van der Waals surface area contributed by atoms with E-state index in [-0.39, 0.29) is 0 Å². The molecule has 116 valence electrons. The molecule has 0 saturated carbocycles. The first-order valence-corrected chi connectivity index (χ1v) is 7.67. The normalized spacial score (nSPS) is 10.3. The maximum atomic E-state index is 4.52. The highest BCUT2D eigenvalue weighted by Crippen LogP contribution is 2.19. The van der Waals surface area contributed by atoms with E-state index in [4.69, 9.17) is 0 Å². The zero-order valence-electron chi connectivity index (χ0n) is 13.0. The standard InChI is InChI=1S/C18H19N5/c1-2-19-18-22-16(15-10-6-7-11-20-15)12-17(23-18)21-13-14-8-4-3-5-9-14/h3-12H,2,13H2,1H3,(H2,19,21,22,23). The largest absolute Gasteiger partial charge is 0.366 e. The summed E-state index contributed by atoms with van der Waals surface area (Å²) < 4.78 is 0. The van der Waals surface area contributed by atoms with Crippen LogP contribution in [0.5, 0.6) is 0 Å². The molecule has 2 aromatic heterocycles. The molecule has 5 heteroatoms. The summed E-state index contributed by atoms with van der Waals surface area (Å²) in [5.41, 5.74) is 2.83. The molecule has 1 aromatic carbocycles. The van der Waals surface area contributed by atoms with Crippen molar-refractivity contribution in [3.8, 4) is 11.4 Å². The summed E-state index contributed by atoms with van der Waals surface area (Å²) in [6, 6.07) is 17.9. The highest BCUT2D eigenvalue weighted by molar-refractivity contribution is 5.60. The smallest absolute Gasteiger partial charge is 0.225 e. The van der Waals surface area contributed by atoms with E-state index in [2.05, 4.69) is 37.7 Å². The molecule has 0 saturated heterocycles. The summed E-state index contributed by atoms with van der Waals surface area (Å²) in [5.74, 6) is 1.38. The Kier molecular flexibility index (Phi) is 4.79. The number of aromatic nitrogens is 3. The lowest BCUT2D eigenvalue weighted by molar-refractivity contribution is 1.05. The lowest BCUT2D eigenvalue weighted by Gasteiger charge is -2.10. The van der Waals surface area contributed by atoms with Crippen LogP contribution in [0.15, 0.2) is 60.8 Å². The summed E-state index contributed by atoms with van der Waals surface area (Å²) in [6.45, 7) is 3.50. The Morgan fingerprint density at radius 2 is 1.70 bits per heavy atom. The summed E-state index contributed by atoms with van der Waals surface area (Å²) >= 11 is 0. The van der Waals surface area contributed by atoms with E-state index in [0.717, 1.165) is 23.8 Å². The van der Waals surface area contributed by atoms with E-state index in [1.165, 1.54) is 5.56 Å². The maximum Gasteiger partial charge on any atom is 0.225 e. The fourth-order valence-electron chi connectivity index (χ4n) is 2.21. The Morgan fingerprint density at radius 3 is 2.43 bits per heavy atom. The number of nitrogens with one attached hydrogen (secondary N) is 2. The molecule has 3 rings (SSSR count). The van der Waals surface area contributed by atoms with Crippen molar-refractivity contribution in [2.75, 3.05) is 17.2 Å². The van der Waals surface area contributed by atoms with Crippen LogP contribution in [0, 0.1) is 0 Å². The minimum absolute atomic E-state index is 0.603. The van der Waals surface area contributed by atoms with Gasteiger partial charge in [0.05, 0.1) is 11.4 Å². The molecule has 0 spiro atoms. The number of hydrogen-bond donors (Lipinski definition) is 2. The highest BCUT2D eigenvalue weighted by Gasteiger charge is 2.07. The van der Waals surface area contributed by atoms with Crippen molar-refractivity contribution in [3.05, 3.63) is 66.4 Å². The fraction of sp³-hybridized carbons (Fsp3) is 0.167. The lowest BCUT2D eigenvalue weighted by atomic mass is 10.2. The quantitative estimate of drug-likeness (QED) is 0.729. The van der Waals surface area contributed by atoms with Crippen LogP contribution in [-0.2, 0) is 6.54 Å². The van der Waals surface area contributed by atoms with Crippen molar-refractivity contribution in [1.82, 2.24) is 15.0 Å². The van der Waals surface area contributed by atoms with Crippen LogP contribution in [0.2, 0.25) is 0 Å². The van der Waals surface area contributed by atoms with Gasteiger partial charge in [-0.3, -0.25) is 4.98 Å². The number of rotatable bonds is 6. The predicted molar refractivity (Wildman–Crippen MR) is 93.2 cm³/mol. The van der Waals surface area contributed by atoms with Crippen LogP contribution in [0.1, 0.15) is 12.5 Å². The van der Waals surface area contributed by atoms with Crippen LogP contribution in [0.3, 0.4) is 0 Å². The number of pyridine rings is 1. The van der Waals surface area contributed by atoms with Gasteiger partial charge in [0.1, 0.15) is 5.82 Å². The molecule has 0 amide bonds. The second kappa shape index (κ2) is 7.35. The molecule has 23 heavy (non-hydrogen) atoms. The second-order valence-corrected chi connectivity index (χ2v) is 5.05. The van der Waals surface area contributed by atoms with Gasteiger partial charge < -0.3 is 10.6 Å². The number of benzene rings is 1. The molecule has 0 aliphatic carbocycles. The van der Waals surface area contributed by atoms with Crippen LogP contribution < -0.4 is 10.6 Å². The first kappa shape index (κ1) is 15.0. The zero-order chi connectivity index (χ0) is 15.9. The summed E-state index contributed by atoms with van der Waals surface area (Å²) in [7, 11) is 0. The fourth-order valence-corrected chi connectivity index (χ4v) is 2.21. The third-order valence-electron chi connectivity index (χ3n) is 3.30. The van der Waals surface area contributed by atoms with Crippen molar-refractivity contribution in [3.63, 3.8) is 0 Å². The molecular weight excluding hydrogens is 286 g/mol. The maximum absolute atomic E-state index is 4.52. The zero-order valence-corrected chi connectivity index (χ0v) is 13.0. The third kappa shape index (κ3) is 4.03. The molecule has 5 nitrogen and oxygen atoms in total. The average molecular weight is 305 g/mol. The summed E-state index contributed by atoms with van der Waals surface area (Å²) in [4.78, 5) is 13.4. The van der Waals surface area contributed by atoms with Gasteiger partial charge in [-0.2, -0.15) is 4.98 Å². The Hall–Kier alpha value is -2.95. The highest BCUT2D eigenvalue weighted by atomic mass is 15.1. The molecule has 2 N–H and O–H groups in total. The SMILES string of the molecule is CCNc1nc(NCc2ccccc2)cc(-c2ccccn2)n1. The number of anilines is 2. The van der Waals surface area contributed by atoms with E-state index in [1.807, 2.05) is 49.4 Å². The Bertz CT molecular complexity index is 744. The van der Waals surface area contributed by atoms with E-state index in [0.29, 0.717) is 12.5 Å². The topological polar surface area (TPSA) is 62.7 Å². The molecule has 0 aliphatic heterocycles. The third-order valence-corrected chi connectivity index (χ3v) is 3.30. The van der Waals surface area contributed by atoms with Gasteiger partial charge >= 0.3 is 0 Å². The summed E-state index contributed by atoms with van der Waals surface area (Å²) in [5, 5.41) is 6.52. The second-order valence-electron chi connectivity index (χ2n) is 5.05. The molecule has 0 atom stereocenters. The van der Waals surface area contributed by atoms with Gasteiger partial charge in [0.2, 0.25) is 5.95 Å². The number of nitrogens with zero attached hydrogens (tertiary/aromatic N) is 3. The molecule has 0 radical (unpaired) electrons. The molecule has 0 unspecified atom stereocenters. The minimum atomic E-state index is 0.603. The number of hydrogen-bond acceptors (Lipinski definition) is 5. The molecule has 0 bridgehead atoms. The van der Waals surface area contributed by atoms with E-state index in [9.17, 15) is 0 Å². The average Bonchev–Trinajstić information content (AvgIpc) is 2.62. The first-order valence-electron chi connectivity index (χ1n) is 7.67. The molecular formula is C18H19N5. The van der Waals surface area contributed by atoms with Crippen LogP contribution in [0.4, 0.5) is 11.8 Å². The first-order chi connectivity index (χ1) is 11.3. The van der Waals surface area contributed by atoms with Crippen LogP contribution in [0.25, 0.3) is 11.4 Å². The Balaban J connectivity index is 1.85. The molecule has 0 fully saturated rings. The van der Waals surface area contributed by atoms with Gasteiger partial charge in [0, 0.05) is 25.4 Å². The van der Waals surface area contributed by atoms with Crippen molar-refractivity contribution in [2.24, 2.45) is 0 Å². The van der Waals surface area contributed by atoms with Crippen LogP contribution >= 0.6 is 0 Å². The lowest BCUT2D eigenvalue weighted by Crippen LogP contribution is -2.07. The Morgan fingerprint density at radius 1 is 0.870 bits per heavy atom. The monoisotopic (exact) mass is 305 g/mol. The van der Waals surface area contributed by atoms with Crippen molar-refractivity contribution < 1.29 is 0 Å². The van der Waals surface area contributed by atoms with Gasteiger partial charge in [-0.15, -0.1) is 0 Å². The molecule has 2 heterocycles. The van der Waals surface area contributed by atoms with Gasteiger partial charge in [0.25, 0.3) is 0 Å².